The van der Waals surface area contributed by atoms with Crippen molar-refractivity contribution in [2.45, 2.75) is 36.8 Å². The zero-order valence-electron chi connectivity index (χ0n) is 6.72. The first kappa shape index (κ1) is 10.9. The van der Waals surface area contributed by atoms with Gasteiger partial charge in [0, 0.05) is 12.8 Å². The van der Waals surface area contributed by atoms with Crippen LogP contribution in [0.25, 0.3) is 0 Å². The van der Waals surface area contributed by atoms with E-state index in [-0.39, 0.29) is 12.8 Å². The van der Waals surface area contributed by atoms with Crippen molar-refractivity contribution in [3.63, 3.8) is 0 Å². The predicted octanol–water partition coefficient (Wildman–Crippen LogP) is -1.64. The molecule has 0 saturated heterocycles. The molecule has 1 aliphatic carbocycles. The lowest BCUT2D eigenvalue weighted by atomic mass is 9.80. The highest BCUT2D eigenvalue weighted by atomic mass is 35.5. The van der Waals surface area contributed by atoms with Gasteiger partial charge in [-0.15, -0.1) is 0 Å². The van der Waals surface area contributed by atoms with Gasteiger partial charge in [-0.2, -0.15) is 0 Å². The van der Waals surface area contributed by atoms with Gasteiger partial charge in [0.25, 0.3) is 5.24 Å². The van der Waals surface area contributed by atoms with Gasteiger partial charge in [0.15, 0.2) is 0 Å². The van der Waals surface area contributed by atoms with E-state index in [4.69, 9.17) is 26.9 Å². The summed E-state index contributed by atoms with van der Waals surface area (Å²) in [6.07, 6.45) is -4.72. The minimum atomic E-state index is -1.93. The highest BCUT2D eigenvalue weighted by Crippen LogP contribution is 2.30. The Kier molecular flexibility index (Phi) is 2.94. The minimum absolute atomic E-state index is 0.354. The van der Waals surface area contributed by atoms with Crippen LogP contribution in [0.3, 0.4) is 0 Å². The van der Waals surface area contributed by atoms with Crippen molar-refractivity contribution in [3.05, 3.63) is 0 Å². The second-order valence-electron chi connectivity index (χ2n) is 3.34. The fourth-order valence-electron chi connectivity index (χ4n) is 1.43. The van der Waals surface area contributed by atoms with Gasteiger partial charge in [-0.25, -0.2) is 0 Å². The summed E-state index contributed by atoms with van der Waals surface area (Å²) in [4.78, 5) is 10.7. The quantitative estimate of drug-likeness (QED) is 0.389. The summed E-state index contributed by atoms with van der Waals surface area (Å²) < 4.78 is 0. The maximum atomic E-state index is 10.7. The molecular weight excluding hydrogens is 200 g/mol. The standard InChI is InChI=1S/C7H11ClO5/c8-6(12)7(13)1-3(9)5(11)4(10)2-7/h3-5,9-11,13H,1-2H2/t3-,4-,5?,7?/m1/s1. The monoisotopic (exact) mass is 210 g/mol. The van der Waals surface area contributed by atoms with E-state index >= 15 is 0 Å². The van der Waals surface area contributed by atoms with Crippen molar-refractivity contribution in [2.24, 2.45) is 0 Å². The van der Waals surface area contributed by atoms with Crippen molar-refractivity contribution in [1.82, 2.24) is 0 Å². The third-order valence-electron chi connectivity index (χ3n) is 2.25. The van der Waals surface area contributed by atoms with Crippen molar-refractivity contribution in [2.75, 3.05) is 0 Å². The summed E-state index contributed by atoms with van der Waals surface area (Å²) in [5.74, 6) is 0. The number of halogens is 1. The lowest BCUT2D eigenvalue weighted by Gasteiger charge is -2.37. The molecule has 0 radical (unpaired) electrons. The van der Waals surface area contributed by atoms with E-state index in [1.807, 2.05) is 0 Å². The van der Waals surface area contributed by atoms with Crippen LogP contribution in [-0.4, -0.2) is 49.6 Å². The molecule has 0 heterocycles. The number of rotatable bonds is 1. The summed E-state index contributed by atoms with van der Waals surface area (Å²) in [6, 6.07) is 0. The summed E-state index contributed by atoms with van der Waals surface area (Å²) in [5, 5.41) is 35.9. The number of carbonyl (C=O) groups excluding carboxylic acids is 1. The molecule has 76 valence electrons. The molecule has 1 aliphatic rings. The zero-order chi connectivity index (χ0) is 10.2. The van der Waals surface area contributed by atoms with E-state index in [9.17, 15) is 9.90 Å². The Bertz CT molecular complexity index is 207. The van der Waals surface area contributed by atoms with Gasteiger partial charge < -0.3 is 20.4 Å². The third kappa shape index (κ3) is 2.00. The van der Waals surface area contributed by atoms with Crippen LogP contribution in [0.2, 0.25) is 0 Å². The highest BCUT2D eigenvalue weighted by Gasteiger charge is 2.47. The van der Waals surface area contributed by atoms with E-state index < -0.39 is 29.2 Å². The maximum absolute atomic E-state index is 10.7. The molecule has 1 rings (SSSR count). The lowest BCUT2D eigenvalue weighted by molar-refractivity contribution is -0.164. The summed E-state index contributed by atoms with van der Waals surface area (Å²) in [7, 11) is 0. The average Bonchev–Trinajstić information content (AvgIpc) is 2.00. The molecule has 0 bridgehead atoms. The molecule has 0 unspecified atom stereocenters. The molecule has 5 nitrogen and oxygen atoms in total. The molecule has 0 aliphatic heterocycles. The number of hydrogen-bond acceptors (Lipinski definition) is 5. The first-order valence-corrected chi connectivity index (χ1v) is 4.21. The number of hydrogen-bond donors (Lipinski definition) is 4. The molecule has 0 aromatic heterocycles. The maximum Gasteiger partial charge on any atom is 0.253 e. The molecule has 2 atom stereocenters. The summed E-state index contributed by atoms with van der Waals surface area (Å²) in [5.41, 5.74) is -1.93. The Hall–Kier alpha value is -0.200. The molecule has 0 aromatic rings. The van der Waals surface area contributed by atoms with Crippen LogP contribution < -0.4 is 0 Å². The Balaban J connectivity index is 2.79. The molecule has 1 fully saturated rings. The molecule has 0 spiro atoms. The van der Waals surface area contributed by atoms with Gasteiger partial charge in [0.2, 0.25) is 0 Å². The van der Waals surface area contributed by atoms with Gasteiger partial charge >= 0.3 is 0 Å². The SMILES string of the molecule is O=C(Cl)C1(O)C[C@@H](O)C(O)[C@H](O)C1. The topological polar surface area (TPSA) is 98.0 Å². The van der Waals surface area contributed by atoms with Crippen LogP contribution >= 0.6 is 11.6 Å². The zero-order valence-corrected chi connectivity index (χ0v) is 7.48. The number of carbonyl (C=O) groups is 1. The number of aliphatic hydroxyl groups excluding tert-OH is 3. The Morgan fingerprint density at radius 3 is 1.92 bits per heavy atom. The second kappa shape index (κ2) is 3.51. The minimum Gasteiger partial charge on any atom is -0.390 e. The fraction of sp³-hybridized carbons (Fsp3) is 0.857. The van der Waals surface area contributed by atoms with Crippen LogP contribution in [0.1, 0.15) is 12.8 Å². The molecule has 0 aromatic carbocycles. The van der Waals surface area contributed by atoms with Crippen LogP contribution in [-0.2, 0) is 4.79 Å². The van der Waals surface area contributed by atoms with Crippen molar-refractivity contribution >= 4 is 16.8 Å². The van der Waals surface area contributed by atoms with E-state index in [0.29, 0.717) is 0 Å². The first-order valence-electron chi connectivity index (χ1n) is 3.83. The average molecular weight is 211 g/mol. The van der Waals surface area contributed by atoms with E-state index in [1.54, 1.807) is 0 Å². The van der Waals surface area contributed by atoms with Crippen molar-refractivity contribution < 1.29 is 25.2 Å². The van der Waals surface area contributed by atoms with Crippen LogP contribution in [0, 0.1) is 0 Å². The number of aliphatic hydroxyl groups is 4. The molecule has 1 saturated carbocycles. The van der Waals surface area contributed by atoms with Gasteiger partial charge in [0.05, 0.1) is 12.2 Å². The third-order valence-corrected chi connectivity index (χ3v) is 2.60. The van der Waals surface area contributed by atoms with Crippen LogP contribution in [0.4, 0.5) is 0 Å². The first-order chi connectivity index (χ1) is 5.87. The van der Waals surface area contributed by atoms with Gasteiger partial charge in [-0.3, -0.25) is 4.79 Å². The van der Waals surface area contributed by atoms with Crippen molar-refractivity contribution in [3.8, 4) is 0 Å². The largest absolute Gasteiger partial charge is 0.390 e. The van der Waals surface area contributed by atoms with Crippen LogP contribution in [0.15, 0.2) is 0 Å². The Morgan fingerprint density at radius 2 is 1.62 bits per heavy atom. The highest BCUT2D eigenvalue weighted by molar-refractivity contribution is 6.65. The fourth-order valence-corrected chi connectivity index (χ4v) is 1.59. The van der Waals surface area contributed by atoms with E-state index in [2.05, 4.69) is 0 Å². The Morgan fingerprint density at radius 1 is 1.23 bits per heavy atom. The predicted molar refractivity (Wildman–Crippen MR) is 43.1 cm³/mol. The van der Waals surface area contributed by atoms with E-state index in [0.717, 1.165) is 0 Å². The van der Waals surface area contributed by atoms with Gasteiger partial charge in [-0.1, -0.05) is 0 Å². The Labute approximate surface area is 79.6 Å². The molecule has 6 heteroatoms. The second-order valence-corrected chi connectivity index (χ2v) is 3.68. The van der Waals surface area contributed by atoms with Gasteiger partial charge in [0.1, 0.15) is 11.7 Å². The lowest BCUT2D eigenvalue weighted by Crippen LogP contribution is -2.55. The molecular formula is C7H11ClO5. The summed E-state index contributed by atoms with van der Waals surface area (Å²) >= 11 is 5.08. The van der Waals surface area contributed by atoms with Crippen molar-refractivity contribution in [1.29, 1.82) is 0 Å². The van der Waals surface area contributed by atoms with E-state index in [1.165, 1.54) is 0 Å². The molecule has 0 amide bonds. The normalized spacial score (nSPS) is 46.1. The molecule has 4 N–H and O–H groups in total. The van der Waals surface area contributed by atoms with Gasteiger partial charge in [-0.05, 0) is 11.6 Å². The van der Waals surface area contributed by atoms with Crippen LogP contribution in [0.5, 0.6) is 0 Å². The molecule has 13 heavy (non-hydrogen) atoms. The smallest absolute Gasteiger partial charge is 0.253 e. The summed E-state index contributed by atoms with van der Waals surface area (Å²) in [6.45, 7) is 0.